The first-order valence-corrected chi connectivity index (χ1v) is 4.83. The predicted octanol–water partition coefficient (Wildman–Crippen LogP) is 1.93. The van der Waals surface area contributed by atoms with E-state index in [1.807, 2.05) is 0 Å². The Labute approximate surface area is 89.8 Å². The van der Waals surface area contributed by atoms with Crippen LogP contribution in [0.4, 0.5) is 0 Å². The number of carbonyl (C=O) groups is 1. The molecule has 0 aliphatic carbocycles. The third-order valence-electron chi connectivity index (χ3n) is 2.07. The molecule has 0 bridgehead atoms. The lowest BCUT2D eigenvalue weighted by atomic mass is 10.1. The van der Waals surface area contributed by atoms with Crippen LogP contribution in [-0.2, 0) is 0 Å². The molecule has 2 rings (SSSR count). The van der Waals surface area contributed by atoms with Crippen molar-refractivity contribution >= 4 is 28.5 Å². The van der Waals surface area contributed by atoms with Crippen LogP contribution in [-0.4, -0.2) is 16.1 Å². The van der Waals surface area contributed by atoms with E-state index in [9.17, 15) is 9.59 Å². The highest BCUT2D eigenvalue weighted by molar-refractivity contribution is 6.33. The number of nitrogens with one attached hydrogen (secondary N) is 1. The molecule has 0 saturated heterocycles. The van der Waals surface area contributed by atoms with E-state index in [0.29, 0.717) is 16.7 Å². The van der Waals surface area contributed by atoms with Gasteiger partial charge in [0.25, 0.3) is 0 Å². The van der Waals surface area contributed by atoms with Crippen molar-refractivity contribution in [1.29, 1.82) is 0 Å². The second-order valence-corrected chi connectivity index (χ2v) is 3.86. The van der Waals surface area contributed by atoms with Crippen molar-refractivity contribution in [3.8, 4) is 0 Å². The molecular formula is C10H8ClNO3. The van der Waals surface area contributed by atoms with Gasteiger partial charge >= 0.3 is 5.76 Å². The number of alkyl halides is 1. The molecule has 0 spiro atoms. The van der Waals surface area contributed by atoms with Gasteiger partial charge in [-0.15, -0.1) is 11.6 Å². The van der Waals surface area contributed by atoms with E-state index in [-0.39, 0.29) is 5.78 Å². The average Bonchev–Trinajstić information content (AvgIpc) is 2.55. The number of ketones is 1. The molecule has 5 heteroatoms. The van der Waals surface area contributed by atoms with Crippen LogP contribution in [0.25, 0.3) is 11.1 Å². The van der Waals surface area contributed by atoms with Crippen molar-refractivity contribution in [2.75, 3.05) is 0 Å². The van der Waals surface area contributed by atoms with E-state index in [1.165, 1.54) is 6.07 Å². The number of fused-ring (bicyclic) bond motifs is 1. The summed E-state index contributed by atoms with van der Waals surface area (Å²) in [7, 11) is 0. The molecule has 0 radical (unpaired) electrons. The van der Waals surface area contributed by atoms with Gasteiger partial charge in [-0.25, -0.2) is 4.79 Å². The fourth-order valence-corrected chi connectivity index (χ4v) is 1.45. The molecule has 2 aromatic rings. The number of rotatable bonds is 2. The Morgan fingerprint density at radius 1 is 1.53 bits per heavy atom. The van der Waals surface area contributed by atoms with Crippen molar-refractivity contribution in [2.45, 2.75) is 12.3 Å². The summed E-state index contributed by atoms with van der Waals surface area (Å²) in [6.45, 7) is 1.60. The Morgan fingerprint density at radius 3 is 2.93 bits per heavy atom. The Hall–Kier alpha value is -1.55. The van der Waals surface area contributed by atoms with Crippen LogP contribution in [0.2, 0.25) is 0 Å². The van der Waals surface area contributed by atoms with Crippen LogP contribution in [0, 0.1) is 0 Å². The summed E-state index contributed by atoms with van der Waals surface area (Å²) < 4.78 is 4.83. The summed E-state index contributed by atoms with van der Waals surface area (Å²) >= 11 is 5.67. The van der Waals surface area contributed by atoms with Gasteiger partial charge in [0.2, 0.25) is 0 Å². The zero-order valence-electron chi connectivity index (χ0n) is 7.91. The summed E-state index contributed by atoms with van der Waals surface area (Å²) in [4.78, 5) is 24.9. The number of Topliss-reactive ketones (excluding diaryl/α,β-unsaturated/α-hetero) is 1. The SMILES string of the molecule is CC(Cl)C(=O)c1ccc2[nH]c(=O)oc2c1. The third-order valence-corrected chi connectivity index (χ3v) is 2.26. The molecule has 0 aliphatic rings. The topological polar surface area (TPSA) is 63.1 Å². The summed E-state index contributed by atoms with van der Waals surface area (Å²) in [6, 6.07) is 4.73. The molecule has 1 aromatic heterocycles. The molecule has 1 N–H and O–H groups in total. The van der Waals surface area contributed by atoms with Crippen LogP contribution >= 0.6 is 11.6 Å². The fourth-order valence-electron chi connectivity index (χ4n) is 1.33. The summed E-state index contributed by atoms with van der Waals surface area (Å²) in [5.41, 5.74) is 1.37. The Morgan fingerprint density at radius 2 is 2.27 bits per heavy atom. The average molecular weight is 226 g/mol. The van der Waals surface area contributed by atoms with Gasteiger partial charge in [0.1, 0.15) is 0 Å². The van der Waals surface area contributed by atoms with Crippen molar-refractivity contribution in [2.24, 2.45) is 0 Å². The molecule has 0 aliphatic heterocycles. The molecular weight excluding hydrogens is 218 g/mol. The van der Waals surface area contributed by atoms with Gasteiger partial charge in [-0.05, 0) is 25.1 Å². The van der Waals surface area contributed by atoms with E-state index < -0.39 is 11.1 Å². The summed E-state index contributed by atoms with van der Waals surface area (Å²) in [5, 5.41) is -0.590. The molecule has 1 heterocycles. The molecule has 15 heavy (non-hydrogen) atoms. The van der Waals surface area contributed by atoms with Crippen LogP contribution in [0.1, 0.15) is 17.3 Å². The number of benzene rings is 1. The van der Waals surface area contributed by atoms with Gasteiger partial charge in [0.05, 0.1) is 10.9 Å². The van der Waals surface area contributed by atoms with E-state index >= 15 is 0 Å². The number of hydrogen-bond donors (Lipinski definition) is 1. The van der Waals surface area contributed by atoms with Crippen LogP contribution < -0.4 is 5.76 Å². The highest BCUT2D eigenvalue weighted by Gasteiger charge is 2.13. The summed E-state index contributed by atoms with van der Waals surface area (Å²) in [6.07, 6.45) is 0. The van der Waals surface area contributed by atoms with Crippen LogP contribution in [0.15, 0.2) is 27.4 Å². The van der Waals surface area contributed by atoms with Crippen molar-refractivity contribution in [1.82, 2.24) is 4.98 Å². The van der Waals surface area contributed by atoms with E-state index in [2.05, 4.69) is 4.98 Å². The maximum atomic E-state index is 11.5. The van der Waals surface area contributed by atoms with Crippen molar-refractivity contribution in [3.05, 3.63) is 34.3 Å². The zero-order valence-corrected chi connectivity index (χ0v) is 8.67. The normalized spacial score (nSPS) is 12.9. The Bertz CT molecular complexity index is 567. The minimum atomic E-state index is -0.590. The van der Waals surface area contributed by atoms with Gasteiger partial charge in [-0.1, -0.05) is 0 Å². The predicted molar refractivity (Wildman–Crippen MR) is 56.5 cm³/mol. The smallest absolute Gasteiger partial charge is 0.408 e. The fraction of sp³-hybridized carbons (Fsp3) is 0.200. The van der Waals surface area contributed by atoms with Gasteiger partial charge in [0.15, 0.2) is 11.4 Å². The van der Waals surface area contributed by atoms with E-state index in [1.54, 1.807) is 19.1 Å². The molecule has 0 fully saturated rings. The number of H-pyrrole nitrogens is 1. The molecule has 4 nitrogen and oxygen atoms in total. The molecule has 1 aromatic carbocycles. The lowest BCUT2D eigenvalue weighted by molar-refractivity contribution is 0.0992. The minimum absolute atomic E-state index is 0.192. The van der Waals surface area contributed by atoms with Crippen LogP contribution in [0.5, 0.6) is 0 Å². The molecule has 0 amide bonds. The number of aromatic nitrogens is 1. The van der Waals surface area contributed by atoms with E-state index in [4.69, 9.17) is 16.0 Å². The third kappa shape index (κ3) is 1.80. The lowest BCUT2D eigenvalue weighted by Gasteiger charge is -2.01. The zero-order chi connectivity index (χ0) is 11.0. The monoisotopic (exact) mass is 225 g/mol. The Balaban J connectivity index is 2.55. The number of oxazole rings is 1. The van der Waals surface area contributed by atoms with Crippen LogP contribution in [0.3, 0.4) is 0 Å². The number of aromatic amines is 1. The van der Waals surface area contributed by atoms with Gasteiger partial charge < -0.3 is 4.42 Å². The van der Waals surface area contributed by atoms with Crippen molar-refractivity contribution < 1.29 is 9.21 Å². The first kappa shape index (κ1) is 9.98. The quantitative estimate of drug-likeness (QED) is 0.628. The first-order valence-electron chi connectivity index (χ1n) is 4.39. The Kier molecular flexibility index (Phi) is 2.36. The van der Waals surface area contributed by atoms with Gasteiger partial charge in [-0.3, -0.25) is 9.78 Å². The standard InChI is InChI=1S/C10H8ClNO3/c1-5(11)9(13)6-2-3-7-8(4-6)15-10(14)12-7/h2-5H,1H3,(H,12,14). The van der Waals surface area contributed by atoms with Gasteiger partial charge in [0, 0.05) is 5.56 Å². The molecule has 78 valence electrons. The largest absolute Gasteiger partial charge is 0.417 e. The highest BCUT2D eigenvalue weighted by atomic mass is 35.5. The van der Waals surface area contributed by atoms with Gasteiger partial charge in [-0.2, -0.15) is 0 Å². The number of hydrogen-bond acceptors (Lipinski definition) is 3. The van der Waals surface area contributed by atoms with E-state index in [0.717, 1.165) is 0 Å². The number of carbonyl (C=O) groups excluding carboxylic acids is 1. The highest BCUT2D eigenvalue weighted by Crippen LogP contribution is 2.15. The lowest BCUT2D eigenvalue weighted by Crippen LogP contribution is -2.09. The second kappa shape index (κ2) is 3.55. The van der Waals surface area contributed by atoms with Crippen molar-refractivity contribution in [3.63, 3.8) is 0 Å². The number of halogens is 1. The molecule has 1 atom stereocenters. The maximum Gasteiger partial charge on any atom is 0.417 e. The minimum Gasteiger partial charge on any atom is -0.408 e. The second-order valence-electron chi connectivity index (χ2n) is 3.21. The summed E-state index contributed by atoms with van der Waals surface area (Å²) in [5.74, 6) is -0.726. The molecule has 1 unspecified atom stereocenters. The molecule has 0 saturated carbocycles. The first-order chi connectivity index (χ1) is 7.08. The maximum absolute atomic E-state index is 11.5.